The van der Waals surface area contributed by atoms with Gasteiger partial charge in [0.2, 0.25) is 0 Å². The summed E-state index contributed by atoms with van der Waals surface area (Å²) in [6.07, 6.45) is 1.48. The highest BCUT2D eigenvalue weighted by atomic mass is 17.2. The van der Waals surface area contributed by atoms with Crippen molar-refractivity contribution in [1.82, 2.24) is 0 Å². The van der Waals surface area contributed by atoms with E-state index in [4.69, 9.17) is 9.78 Å². The number of carbonyl (C=O) groups excluding carboxylic acids is 4. The molecular weight excluding hydrogens is 508 g/mol. The molecule has 1 spiro atoms. The Labute approximate surface area is 236 Å². The molecule has 4 aliphatic carbocycles. The number of hydrogen-bond acceptors (Lipinski definition) is 7. The average Bonchev–Trinajstić information content (AvgIpc) is 3.07. The fourth-order valence-corrected chi connectivity index (χ4v) is 8.45. The smallest absolute Gasteiger partial charge is 0.184 e. The maximum absolute atomic E-state index is 15.4. The van der Waals surface area contributed by atoms with Crippen molar-refractivity contribution >= 4 is 23.1 Å². The highest BCUT2D eigenvalue weighted by Gasteiger charge is 2.85. The van der Waals surface area contributed by atoms with Gasteiger partial charge >= 0.3 is 0 Å². The minimum Gasteiger partial charge on any atom is -0.388 e. The van der Waals surface area contributed by atoms with E-state index >= 15 is 14.4 Å². The lowest BCUT2D eigenvalue weighted by atomic mass is 9.36. The van der Waals surface area contributed by atoms with Gasteiger partial charge in [-0.25, -0.2) is 9.78 Å². The molecule has 0 amide bonds. The molecule has 1 saturated heterocycles. The molecule has 0 unspecified atom stereocenters. The topological polar surface area (TPSA) is 107 Å². The van der Waals surface area contributed by atoms with Gasteiger partial charge < -0.3 is 5.11 Å². The van der Waals surface area contributed by atoms with Gasteiger partial charge in [0.1, 0.15) is 11.7 Å². The van der Waals surface area contributed by atoms with Gasteiger partial charge in [-0.3, -0.25) is 19.2 Å². The van der Waals surface area contributed by atoms with Gasteiger partial charge in [0.05, 0.1) is 16.4 Å². The fourth-order valence-electron chi connectivity index (χ4n) is 8.45. The summed E-state index contributed by atoms with van der Waals surface area (Å²) in [7, 11) is 0. The predicted octanol–water partition coefficient (Wildman–Crippen LogP) is 5.24. The molecule has 1 heterocycles. The Morgan fingerprint density at radius 2 is 1.62 bits per heavy atom. The van der Waals surface area contributed by atoms with Crippen LogP contribution in [0.25, 0.3) is 0 Å². The Kier molecular flexibility index (Phi) is 6.36. The lowest BCUT2D eigenvalue weighted by Crippen LogP contribution is -2.76. The van der Waals surface area contributed by atoms with Gasteiger partial charge in [-0.1, -0.05) is 55.8 Å². The van der Waals surface area contributed by atoms with Gasteiger partial charge in [0, 0.05) is 11.5 Å². The monoisotopic (exact) mass is 550 g/mol. The zero-order valence-electron chi connectivity index (χ0n) is 24.9. The summed E-state index contributed by atoms with van der Waals surface area (Å²) in [6.45, 7) is 14.2. The van der Waals surface area contributed by atoms with Crippen LogP contribution in [0.4, 0.5) is 0 Å². The third kappa shape index (κ3) is 3.47. The molecule has 7 heteroatoms. The summed E-state index contributed by atoms with van der Waals surface area (Å²) >= 11 is 0. The summed E-state index contributed by atoms with van der Waals surface area (Å²) in [5.74, 6) is -3.17. The van der Waals surface area contributed by atoms with E-state index in [0.717, 1.165) is 5.57 Å². The van der Waals surface area contributed by atoms with Crippen molar-refractivity contribution in [3.8, 4) is 0 Å². The normalized spacial score (nSPS) is 37.9. The first kappa shape index (κ1) is 29.0. The Morgan fingerprint density at radius 3 is 2.20 bits per heavy atom. The molecule has 0 aromatic heterocycles. The summed E-state index contributed by atoms with van der Waals surface area (Å²) in [6, 6.07) is 8.49. The van der Waals surface area contributed by atoms with E-state index in [1.807, 2.05) is 33.8 Å². The third-order valence-electron chi connectivity index (χ3n) is 10.8. The lowest BCUT2D eigenvalue weighted by Gasteiger charge is -2.61. The van der Waals surface area contributed by atoms with Crippen molar-refractivity contribution < 1.29 is 34.1 Å². The van der Waals surface area contributed by atoms with Gasteiger partial charge in [-0.15, -0.1) is 0 Å². The van der Waals surface area contributed by atoms with Crippen LogP contribution >= 0.6 is 0 Å². The van der Waals surface area contributed by atoms with Gasteiger partial charge in [0.15, 0.2) is 28.5 Å². The highest BCUT2D eigenvalue weighted by molar-refractivity contribution is 6.42. The molecule has 7 nitrogen and oxygen atoms in total. The lowest BCUT2D eigenvalue weighted by molar-refractivity contribution is -0.394. The molecule has 4 saturated carbocycles. The largest absolute Gasteiger partial charge is 0.388 e. The van der Waals surface area contributed by atoms with Gasteiger partial charge in [-0.2, -0.15) is 0 Å². The second kappa shape index (κ2) is 8.76. The van der Waals surface area contributed by atoms with E-state index in [1.165, 1.54) is 0 Å². The minimum atomic E-state index is -2.07. The molecule has 40 heavy (non-hydrogen) atoms. The summed E-state index contributed by atoms with van der Waals surface area (Å²) < 4.78 is 0. The summed E-state index contributed by atoms with van der Waals surface area (Å²) in [5, 5.41) is 11.1. The number of benzene rings is 1. The number of Topliss-reactive ketones (excluding diaryl/α,β-unsaturated/α-hetero) is 4. The second-order valence-electron chi connectivity index (χ2n) is 14.5. The van der Waals surface area contributed by atoms with Crippen molar-refractivity contribution in [2.24, 2.45) is 33.5 Å². The molecule has 1 N–H and O–H groups in total. The van der Waals surface area contributed by atoms with E-state index in [2.05, 4.69) is 0 Å². The Morgan fingerprint density at radius 1 is 1.00 bits per heavy atom. The SMILES string of the molecule is CC(C)=CC[C@]12C[C@@H]3C[C@H]4C(C)(C)OO[C@@H](C(C)(C)O)C[C@@]4(C1=O)C(=O)[C@](C(=O)c1ccccc1)(C2=O)C3(C)C. The second-order valence-corrected chi connectivity index (χ2v) is 14.5. The highest BCUT2D eigenvalue weighted by Crippen LogP contribution is 2.73. The van der Waals surface area contributed by atoms with Crippen LogP contribution in [0.3, 0.4) is 0 Å². The molecule has 1 aliphatic heterocycles. The van der Waals surface area contributed by atoms with Crippen molar-refractivity contribution in [3.63, 3.8) is 0 Å². The molecule has 0 radical (unpaired) electrons. The minimum absolute atomic E-state index is 0.125. The van der Waals surface area contributed by atoms with Crippen LogP contribution < -0.4 is 0 Å². The molecule has 216 valence electrons. The molecule has 1 aromatic rings. The van der Waals surface area contributed by atoms with Gasteiger partial charge in [-0.05, 0) is 78.6 Å². The average molecular weight is 551 g/mol. The maximum Gasteiger partial charge on any atom is 0.184 e. The third-order valence-corrected chi connectivity index (χ3v) is 10.8. The van der Waals surface area contributed by atoms with E-state index < -0.39 is 68.0 Å². The number of carbonyl (C=O) groups is 4. The van der Waals surface area contributed by atoms with Crippen LogP contribution in [0.15, 0.2) is 42.0 Å². The quantitative estimate of drug-likeness (QED) is 0.231. The Balaban J connectivity index is 1.91. The van der Waals surface area contributed by atoms with Crippen LogP contribution in [-0.4, -0.2) is 45.5 Å². The van der Waals surface area contributed by atoms with Crippen molar-refractivity contribution in [2.75, 3.05) is 0 Å². The van der Waals surface area contributed by atoms with Crippen LogP contribution in [-0.2, 0) is 24.2 Å². The van der Waals surface area contributed by atoms with Crippen LogP contribution in [0, 0.1) is 33.5 Å². The van der Waals surface area contributed by atoms with E-state index in [1.54, 1.807) is 58.0 Å². The van der Waals surface area contributed by atoms with Crippen molar-refractivity contribution in [2.45, 2.75) is 98.4 Å². The number of rotatable bonds is 5. The van der Waals surface area contributed by atoms with Crippen molar-refractivity contribution in [3.05, 3.63) is 47.5 Å². The molecule has 5 aliphatic rings. The number of aliphatic hydroxyl groups is 1. The van der Waals surface area contributed by atoms with Crippen LogP contribution in [0.1, 0.15) is 91.4 Å². The molecule has 6 atom stereocenters. The Hall–Kier alpha value is -2.48. The van der Waals surface area contributed by atoms with Crippen LogP contribution in [0.5, 0.6) is 0 Å². The molecule has 6 rings (SSSR count). The Bertz CT molecular complexity index is 1310. The first-order valence-electron chi connectivity index (χ1n) is 14.4. The molecular formula is C33H42O7. The van der Waals surface area contributed by atoms with E-state index in [0.29, 0.717) is 6.42 Å². The molecule has 1 aromatic carbocycles. The first-order valence-corrected chi connectivity index (χ1v) is 14.4. The zero-order chi connectivity index (χ0) is 29.7. The molecule has 5 fully saturated rings. The first-order chi connectivity index (χ1) is 18.4. The van der Waals surface area contributed by atoms with Gasteiger partial charge in [0.25, 0.3) is 0 Å². The maximum atomic E-state index is 15.4. The predicted molar refractivity (Wildman–Crippen MR) is 148 cm³/mol. The fraction of sp³-hybridized carbons (Fsp3) is 0.636. The summed E-state index contributed by atoms with van der Waals surface area (Å²) in [5.41, 5.74) is -7.80. The number of ketones is 4. The van der Waals surface area contributed by atoms with Crippen LogP contribution in [0.2, 0.25) is 0 Å². The number of hydrogen-bond donors (Lipinski definition) is 1. The summed E-state index contributed by atoms with van der Waals surface area (Å²) in [4.78, 5) is 72.2. The standard InChI is InChI=1S/C33H42O7/c1-19(2)14-15-31-17-21-16-22-30(7,8)40-39-23(29(5,6)38)18-32(22,25(31)35)27(37)33(26(31)36,28(21,3)4)24(34)20-12-10-9-11-13-20/h9-14,21-23,38H,15-18H2,1-8H3/t21-,22-,23+,31-,32+,33-/m0/s1. The van der Waals surface area contributed by atoms with Crippen molar-refractivity contribution in [1.29, 1.82) is 0 Å². The van der Waals surface area contributed by atoms with E-state index in [-0.39, 0.29) is 30.7 Å². The zero-order valence-corrected chi connectivity index (χ0v) is 24.9. The number of allylic oxidation sites excluding steroid dienone is 2. The van der Waals surface area contributed by atoms with E-state index in [9.17, 15) is 9.90 Å². The molecule has 4 bridgehead atoms.